The van der Waals surface area contributed by atoms with Crippen LogP contribution in [0.15, 0.2) is 82.8 Å². The van der Waals surface area contributed by atoms with Crippen molar-refractivity contribution in [3.63, 3.8) is 0 Å². The van der Waals surface area contributed by atoms with Gasteiger partial charge in [0.15, 0.2) is 0 Å². The van der Waals surface area contributed by atoms with Crippen molar-refractivity contribution in [2.24, 2.45) is 0 Å². The third-order valence-corrected chi connectivity index (χ3v) is 5.95. The predicted molar refractivity (Wildman–Crippen MR) is 114 cm³/mol. The van der Waals surface area contributed by atoms with Gasteiger partial charge in [-0.15, -0.1) is 0 Å². The van der Waals surface area contributed by atoms with Crippen LogP contribution in [-0.2, 0) is 16.4 Å². The fraction of sp³-hybridized carbons (Fsp3) is 0.182. The fourth-order valence-electron chi connectivity index (χ4n) is 2.66. The molecule has 0 saturated carbocycles. The van der Waals surface area contributed by atoms with Crippen LogP contribution in [0.2, 0.25) is 0 Å². The third-order valence-electron chi connectivity index (χ3n) is 4.19. The first-order valence-corrected chi connectivity index (χ1v) is 11.0. The zero-order chi connectivity index (χ0) is 21.4. The van der Waals surface area contributed by atoms with Crippen LogP contribution >= 0.6 is 0 Å². The minimum atomic E-state index is -3.69. The van der Waals surface area contributed by atoms with Crippen molar-refractivity contribution in [3.05, 3.63) is 78.6 Å². The molecule has 30 heavy (non-hydrogen) atoms. The Kier molecular flexibility index (Phi) is 7.03. The van der Waals surface area contributed by atoms with Crippen LogP contribution in [0.1, 0.15) is 18.9 Å². The summed E-state index contributed by atoms with van der Waals surface area (Å²) in [5.74, 6) is 0.515. The molecule has 0 atom stereocenters. The molecule has 7 nitrogen and oxygen atoms in total. The second kappa shape index (κ2) is 9.89. The van der Waals surface area contributed by atoms with E-state index in [0.29, 0.717) is 24.6 Å². The summed E-state index contributed by atoms with van der Waals surface area (Å²) >= 11 is 0. The van der Waals surface area contributed by atoms with Gasteiger partial charge in [-0.1, -0.05) is 19.1 Å². The van der Waals surface area contributed by atoms with Crippen LogP contribution in [0.4, 0.5) is 10.5 Å². The predicted octanol–water partition coefficient (Wildman–Crippen LogP) is 4.02. The zero-order valence-corrected chi connectivity index (χ0v) is 17.4. The third kappa shape index (κ3) is 5.57. The number of carbonyl (C=O) groups excluding carboxylic acids is 1. The van der Waals surface area contributed by atoms with Gasteiger partial charge >= 0.3 is 6.03 Å². The SMILES string of the molecule is CCCOc1cccc(S(=O)(=O)c2ccc(NC(=O)NCc3cccnc3)cc2)c1. The van der Waals surface area contributed by atoms with Gasteiger partial charge in [0.25, 0.3) is 0 Å². The number of aromatic nitrogens is 1. The van der Waals surface area contributed by atoms with E-state index in [9.17, 15) is 13.2 Å². The Labute approximate surface area is 176 Å². The number of ether oxygens (including phenoxy) is 1. The van der Waals surface area contributed by atoms with Crippen molar-refractivity contribution in [2.45, 2.75) is 29.7 Å². The lowest BCUT2D eigenvalue weighted by molar-refractivity contribution is 0.251. The van der Waals surface area contributed by atoms with E-state index in [4.69, 9.17) is 4.74 Å². The first-order chi connectivity index (χ1) is 14.5. The van der Waals surface area contributed by atoms with E-state index in [1.54, 1.807) is 42.7 Å². The highest BCUT2D eigenvalue weighted by atomic mass is 32.2. The minimum Gasteiger partial charge on any atom is -0.494 e. The van der Waals surface area contributed by atoms with Gasteiger partial charge in [0.1, 0.15) is 5.75 Å². The number of nitrogens with zero attached hydrogens (tertiary/aromatic N) is 1. The highest BCUT2D eigenvalue weighted by Crippen LogP contribution is 2.25. The summed E-state index contributed by atoms with van der Waals surface area (Å²) in [7, 11) is -3.69. The lowest BCUT2D eigenvalue weighted by atomic mass is 10.3. The van der Waals surface area contributed by atoms with Crippen LogP contribution in [0.3, 0.4) is 0 Å². The molecule has 2 N–H and O–H groups in total. The molecule has 2 amide bonds. The molecule has 0 saturated heterocycles. The number of amides is 2. The molecular weight excluding hydrogens is 402 g/mol. The average molecular weight is 426 g/mol. The summed E-state index contributed by atoms with van der Waals surface area (Å²) < 4.78 is 31.3. The molecule has 3 aromatic rings. The smallest absolute Gasteiger partial charge is 0.319 e. The van der Waals surface area contributed by atoms with E-state index in [1.165, 1.54) is 24.3 Å². The average Bonchev–Trinajstić information content (AvgIpc) is 2.77. The van der Waals surface area contributed by atoms with E-state index in [0.717, 1.165) is 12.0 Å². The van der Waals surface area contributed by atoms with Gasteiger partial charge in [-0.3, -0.25) is 4.98 Å². The van der Waals surface area contributed by atoms with E-state index in [1.807, 2.05) is 13.0 Å². The van der Waals surface area contributed by atoms with Crippen LogP contribution in [0.25, 0.3) is 0 Å². The first-order valence-electron chi connectivity index (χ1n) is 9.51. The molecule has 2 aromatic carbocycles. The summed E-state index contributed by atoms with van der Waals surface area (Å²) in [6.07, 6.45) is 4.16. The van der Waals surface area contributed by atoms with Crippen molar-refractivity contribution in [3.8, 4) is 5.75 Å². The van der Waals surface area contributed by atoms with Crippen LogP contribution in [0.5, 0.6) is 5.75 Å². The molecule has 0 aliphatic carbocycles. The van der Waals surface area contributed by atoms with Crippen molar-refractivity contribution in [1.29, 1.82) is 0 Å². The van der Waals surface area contributed by atoms with E-state index in [-0.39, 0.29) is 9.79 Å². The van der Waals surface area contributed by atoms with E-state index >= 15 is 0 Å². The number of nitrogens with one attached hydrogen (secondary N) is 2. The number of sulfone groups is 1. The number of anilines is 1. The maximum Gasteiger partial charge on any atom is 0.319 e. The number of hydrogen-bond donors (Lipinski definition) is 2. The second-order valence-corrected chi connectivity index (χ2v) is 8.47. The molecule has 0 aliphatic heterocycles. The quantitative estimate of drug-likeness (QED) is 0.568. The summed E-state index contributed by atoms with van der Waals surface area (Å²) in [6, 6.07) is 15.7. The second-order valence-electron chi connectivity index (χ2n) is 6.52. The van der Waals surface area contributed by atoms with Crippen molar-refractivity contribution in [2.75, 3.05) is 11.9 Å². The maximum atomic E-state index is 12.9. The summed E-state index contributed by atoms with van der Waals surface area (Å²) in [5.41, 5.74) is 1.36. The number of rotatable bonds is 8. The Hall–Kier alpha value is -3.39. The topological polar surface area (TPSA) is 97.4 Å². The molecule has 0 radical (unpaired) electrons. The Morgan fingerprint density at radius 2 is 1.83 bits per heavy atom. The molecule has 0 spiro atoms. The molecular formula is C22H23N3O4S. The van der Waals surface area contributed by atoms with Gasteiger partial charge in [-0.2, -0.15) is 0 Å². The van der Waals surface area contributed by atoms with Crippen molar-refractivity contribution >= 4 is 21.6 Å². The van der Waals surface area contributed by atoms with E-state index < -0.39 is 15.9 Å². The summed E-state index contributed by atoms with van der Waals surface area (Å²) in [5, 5.41) is 5.40. The zero-order valence-electron chi connectivity index (χ0n) is 16.5. The first kappa shape index (κ1) is 21.3. The molecule has 156 valence electrons. The molecule has 0 aliphatic rings. The van der Waals surface area contributed by atoms with Crippen LogP contribution in [-0.4, -0.2) is 26.0 Å². The molecule has 8 heteroatoms. The maximum absolute atomic E-state index is 12.9. The van der Waals surface area contributed by atoms with Gasteiger partial charge < -0.3 is 15.4 Å². The van der Waals surface area contributed by atoms with Gasteiger partial charge in [-0.05, 0) is 60.5 Å². The lowest BCUT2D eigenvalue weighted by Crippen LogP contribution is -2.28. The normalized spacial score (nSPS) is 11.0. The highest BCUT2D eigenvalue weighted by molar-refractivity contribution is 7.91. The van der Waals surface area contributed by atoms with Crippen LogP contribution < -0.4 is 15.4 Å². The Balaban J connectivity index is 1.65. The summed E-state index contributed by atoms with van der Waals surface area (Å²) in [6.45, 7) is 2.84. The Morgan fingerprint density at radius 3 is 2.53 bits per heavy atom. The number of hydrogen-bond acceptors (Lipinski definition) is 5. The van der Waals surface area contributed by atoms with Crippen molar-refractivity contribution in [1.82, 2.24) is 10.3 Å². The molecule has 1 aromatic heterocycles. The standard InChI is InChI=1S/C22H23N3O4S/c1-2-13-29-19-6-3-7-21(14-19)30(27,28)20-10-8-18(9-11-20)25-22(26)24-16-17-5-4-12-23-15-17/h3-12,14-15H,2,13,16H2,1H3,(H2,24,25,26). The van der Waals surface area contributed by atoms with Gasteiger partial charge in [0.05, 0.1) is 16.4 Å². The fourth-order valence-corrected chi connectivity index (χ4v) is 3.96. The number of urea groups is 1. The number of benzene rings is 2. The lowest BCUT2D eigenvalue weighted by Gasteiger charge is -2.10. The molecule has 0 unspecified atom stereocenters. The molecule has 1 heterocycles. The van der Waals surface area contributed by atoms with E-state index in [2.05, 4.69) is 15.6 Å². The van der Waals surface area contributed by atoms with Gasteiger partial charge in [0, 0.05) is 24.6 Å². The van der Waals surface area contributed by atoms with Gasteiger partial charge in [0.2, 0.25) is 9.84 Å². The Bertz CT molecular complexity index is 1080. The number of pyridine rings is 1. The largest absolute Gasteiger partial charge is 0.494 e. The monoisotopic (exact) mass is 425 g/mol. The molecule has 0 fully saturated rings. The highest BCUT2D eigenvalue weighted by Gasteiger charge is 2.18. The van der Waals surface area contributed by atoms with Crippen molar-refractivity contribution < 1.29 is 17.9 Å². The molecule has 0 bridgehead atoms. The molecule has 3 rings (SSSR count). The Morgan fingerprint density at radius 1 is 1.03 bits per heavy atom. The van der Waals surface area contributed by atoms with Gasteiger partial charge in [-0.25, -0.2) is 13.2 Å². The number of carbonyl (C=O) groups is 1. The summed E-state index contributed by atoms with van der Waals surface area (Å²) in [4.78, 5) is 16.3. The van der Waals surface area contributed by atoms with Crippen LogP contribution in [0, 0.1) is 0 Å². The minimum absolute atomic E-state index is 0.136.